The monoisotopic (exact) mass is 142 g/mol. The Kier molecular flexibility index (Phi) is 1.69. The number of thiophene rings is 1. The van der Waals surface area contributed by atoms with E-state index in [2.05, 4.69) is 4.74 Å². The second-order valence-corrected chi connectivity index (χ2v) is 2.23. The summed E-state index contributed by atoms with van der Waals surface area (Å²) in [6, 6.07) is 3.39. The van der Waals surface area contributed by atoms with E-state index < -0.39 is 6.09 Å². The van der Waals surface area contributed by atoms with Crippen LogP contribution in [0.25, 0.3) is 0 Å². The fourth-order valence-electron chi connectivity index (χ4n) is 0.413. The van der Waals surface area contributed by atoms with Crippen molar-refractivity contribution in [2.24, 2.45) is 0 Å². The highest BCUT2D eigenvalue weighted by atomic mass is 32.1. The lowest BCUT2D eigenvalue weighted by Crippen LogP contribution is -2.03. The van der Waals surface area contributed by atoms with Crippen LogP contribution < -0.4 is 10.5 Å². The van der Waals surface area contributed by atoms with Crippen LogP contribution in [0.2, 0.25) is 0 Å². The molecule has 0 aliphatic carbocycles. The Morgan fingerprint density at radius 1 is 1.78 bits per heavy atom. The van der Waals surface area contributed by atoms with E-state index in [9.17, 15) is 4.79 Å². The van der Waals surface area contributed by atoms with Crippen LogP contribution in [0.4, 0.5) is 4.79 Å². The summed E-state index contributed by atoms with van der Waals surface area (Å²) in [6.45, 7) is 0. The van der Waals surface area contributed by atoms with Gasteiger partial charge in [0.2, 0.25) is 0 Å². The first-order valence-electron chi connectivity index (χ1n) is 2.26. The fraction of sp³-hybridized carbons (Fsp3) is 0. The average molecular weight is 142 g/mol. The fourth-order valence-corrected chi connectivity index (χ4v) is 0.985. The molecule has 3 nitrogen and oxygen atoms in total. The van der Waals surface area contributed by atoms with Crippen LogP contribution in [0, 0.1) is 0 Å². The number of carbonyl (C=O) groups excluding carboxylic acids is 1. The Morgan fingerprint density at radius 3 is 3.00 bits per heavy atom. The highest BCUT2D eigenvalue weighted by Gasteiger charge is 1.97. The Labute approximate surface area is 56.1 Å². The first-order valence-corrected chi connectivity index (χ1v) is 3.14. The molecule has 4 heteroatoms. The Hall–Kier alpha value is -1.03. The Bertz CT molecular complexity index is 195. The molecule has 1 radical (unpaired) electrons. The van der Waals surface area contributed by atoms with E-state index in [4.69, 9.17) is 5.73 Å². The molecule has 0 aromatic carbocycles. The Morgan fingerprint density at radius 2 is 2.56 bits per heavy atom. The molecule has 9 heavy (non-hydrogen) atoms. The molecule has 1 aromatic rings. The smallest absolute Gasteiger partial charge is 0.398 e. The topological polar surface area (TPSA) is 50.1 Å². The van der Waals surface area contributed by atoms with E-state index >= 15 is 0 Å². The van der Waals surface area contributed by atoms with Crippen LogP contribution in [0.5, 0.6) is 5.06 Å². The van der Waals surface area contributed by atoms with Gasteiger partial charge >= 0.3 is 6.09 Å². The van der Waals surface area contributed by atoms with Gasteiger partial charge in [0.05, 0.1) is 0 Å². The van der Waals surface area contributed by atoms with Gasteiger partial charge in [0.1, 0.15) is 0 Å². The minimum Gasteiger partial charge on any atom is -0.398 e. The molecular formula is C5H4NO2S. The maximum atomic E-state index is 9.96. The molecule has 1 heterocycles. The molecule has 1 aromatic heterocycles. The zero-order valence-corrected chi connectivity index (χ0v) is 5.27. The molecule has 0 fully saturated rings. The van der Waals surface area contributed by atoms with Crippen molar-refractivity contribution < 1.29 is 9.53 Å². The summed E-state index contributed by atoms with van der Waals surface area (Å²) in [6.07, 6.45) is -1.02. The molecule has 0 saturated heterocycles. The van der Waals surface area contributed by atoms with E-state index in [1.54, 1.807) is 17.5 Å². The van der Waals surface area contributed by atoms with Crippen molar-refractivity contribution in [2.75, 3.05) is 0 Å². The molecule has 0 saturated carbocycles. The van der Waals surface area contributed by atoms with Gasteiger partial charge in [-0.15, -0.1) is 11.3 Å². The third-order valence-electron chi connectivity index (χ3n) is 0.688. The zero-order valence-electron chi connectivity index (χ0n) is 4.46. The third-order valence-corrected chi connectivity index (χ3v) is 1.43. The molecule has 0 aliphatic heterocycles. The number of carbonyl (C=O) groups is 1. The summed E-state index contributed by atoms with van der Waals surface area (Å²) in [5.74, 6) is 0. The van der Waals surface area contributed by atoms with Gasteiger partial charge in [-0.3, -0.25) is 0 Å². The lowest BCUT2D eigenvalue weighted by atomic mass is 10.7. The molecule has 0 aliphatic rings. The van der Waals surface area contributed by atoms with Gasteiger partial charge in [0.25, 0.3) is 0 Å². The number of nitrogens with one attached hydrogen (secondary N) is 1. The maximum absolute atomic E-state index is 9.96. The number of ether oxygens (including phenoxy) is 1. The van der Waals surface area contributed by atoms with E-state index in [-0.39, 0.29) is 0 Å². The van der Waals surface area contributed by atoms with Crippen LogP contribution in [0.15, 0.2) is 17.5 Å². The molecule has 1 rings (SSSR count). The van der Waals surface area contributed by atoms with E-state index in [1.807, 2.05) is 0 Å². The first kappa shape index (κ1) is 6.10. The molecular weight excluding hydrogens is 138 g/mol. The van der Waals surface area contributed by atoms with Crippen molar-refractivity contribution in [1.29, 1.82) is 0 Å². The quantitative estimate of drug-likeness (QED) is 0.597. The summed E-state index contributed by atoms with van der Waals surface area (Å²) < 4.78 is 4.40. The summed E-state index contributed by atoms with van der Waals surface area (Å²) in [7, 11) is 0. The molecule has 1 amide bonds. The van der Waals surface area contributed by atoms with E-state index in [1.165, 1.54) is 11.3 Å². The van der Waals surface area contributed by atoms with Gasteiger partial charge in [-0.05, 0) is 17.5 Å². The lowest BCUT2D eigenvalue weighted by Gasteiger charge is -1.90. The average Bonchev–Trinajstić information content (AvgIpc) is 2.15. The van der Waals surface area contributed by atoms with Crippen molar-refractivity contribution in [3.63, 3.8) is 0 Å². The first-order chi connectivity index (χ1) is 4.29. The van der Waals surface area contributed by atoms with Gasteiger partial charge in [-0.1, -0.05) is 0 Å². The molecule has 1 N–H and O–H groups in total. The number of rotatable bonds is 1. The van der Waals surface area contributed by atoms with Crippen LogP contribution in [-0.4, -0.2) is 6.09 Å². The van der Waals surface area contributed by atoms with Gasteiger partial charge < -0.3 is 4.74 Å². The largest absolute Gasteiger partial charge is 0.432 e. The van der Waals surface area contributed by atoms with Crippen molar-refractivity contribution in [3.8, 4) is 5.06 Å². The second kappa shape index (κ2) is 2.50. The second-order valence-electron chi connectivity index (χ2n) is 1.32. The summed E-state index contributed by atoms with van der Waals surface area (Å²) in [4.78, 5) is 9.96. The van der Waals surface area contributed by atoms with Crippen LogP contribution >= 0.6 is 11.3 Å². The SMILES string of the molecule is [NH]C(=O)Oc1cccs1. The van der Waals surface area contributed by atoms with Gasteiger partial charge in [-0.25, -0.2) is 10.5 Å². The maximum Gasteiger partial charge on any atom is 0.432 e. The van der Waals surface area contributed by atoms with Gasteiger partial charge in [0.15, 0.2) is 5.06 Å². The highest BCUT2D eigenvalue weighted by molar-refractivity contribution is 7.11. The summed E-state index contributed by atoms with van der Waals surface area (Å²) in [5, 5.41) is 2.24. The highest BCUT2D eigenvalue weighted by Crippen LogP contribution is 2.17. The van der Waals surface area contributed by atoms with Crippen molar-refractivity contribution in [1.82, 2.24) is 5.73 Å². The van der Waals surface area contributed by atoms with E-state index in [0.717, 1.165) is 0 Å². The number of hydrogen-bond donors (Lipinski definition) is 0. The van der Waals surface area contributed by atoms with Crippen molar-refractivity contribution in [3.05, 3.63) is 17.5 Å². The third kappa shape index (κ3) is 1.73. The normalized spacial score (nSPS) is 8.89. The van der Waals surface area contributed by atoms with Crippen molar-refractivity contribution >= 4 is 17.4 Å². The molecule has 47 valence electrons. The van der Waals surface area contributed by atoms with Gasteiger partial charge in [0, 0.05) is 0 Å². The number of amides is 1. The van der Waals surface area contributed by atoms with Crippen LogP contribution in [0.3, 0.4) is 0 Å². The predicted octanol–water partition coefficient (Wildman–Crippen LogP) is 1.53. The number of hydrogen-bond acceptors (Lipinski definition) is 3. The Balaban J connectivity index is 2.58. The minimum absolute atomic E-state index is 0.468. The molecule has 0 atom stereocenters. The molecule has 0 bridgehead atoms. The molecule has 0 spiro atoms. The zero-order chi connectivity index (χ0) is 6.69. The standard InChI is InChI=1S/C5H4NO2S/c6-5(7)8-4-2-1-3-9-4/h1-3,6H. The van der Waals surface area contributed by atoms with Crippen molar-refractivity contribution in [2.45, 2.75) is 0 Å². The minimum atomic E-state index is -1.02. The predicted molar refractivity (Wildman–Crippen MR) is 33.4 cm³/mol. The summed E-state index contributed by atoms with van der Waals surface area (Å²) >= 11 is 1.29. The van der Waals surface area contributed by atoms with Crippen LogP contribution in [0.1, 0.15) is 0 Å². The molecule has 0 unspecified atom stereocenters. The summed E-state index contributed by atoms with van der Waals surface area (Å²) in [5.41, 5.74) is 6.40. The van der Waals surface area contributed by atoms with Gasteiger partial charge in [-0.2, -0.15) is 0 Å². The van der Waals surface area contributed by atoms with Crippen LogP contribution in [-0.2, 0) is 0 Å². The lowest BCUT2D eigenvalue weighted by molar-refractivity contribution is 0.210. The van der Waals surface area contributed by atoms with E-state index in [0.29, 0.717) is 5.06 Å².